The molecular weight excluding hydrogens is 264 g/mol. The van der Waals surface area contributed by atoms with E-state index < -0.39 is 0 Å². The van der Waals surface area contributed by atoms with Gasteiger partial charge in [-0.25, -0.2) is 0 Å². The van der Waals surface area contributed by atoms with Crippen molar-refractivity contribution in [1.29, 1.82) is 0 Å². The summed E-state index contributed by atoms with van der Waals surface area (Å²) < 4.78 is 7.29. The van der Waals surface area contributed by atoms with Crippen LogP contribution in [-0.2, 0) is 6.54 Å². The quantitative estimate of drug-likeness (QED) is 0.602. The summed E-state index contributed by atoms with van der Waals surface area (Å²) >= 11 is 0. The predicted molar refractivity (Wildman–Crippen MR) is 87.9 cm³/mol. The average Bonchev–Trinajstić information content (AvgIpc) is 2.50. The highest BCUT2D eigenvalue weighted by atomic mass is 16.5. The summed E-state index contributed by atoms with van der Waals surface area (Å²) in [6, 6.07) is 3.61. The van der Waals surface area contributed by atoms with Gasteiger partial charge in [-0.3, -0.25) is 4.79 Å². The Morgan fingerprint density at radius 2 is 1.81 bits per heavy atom. The molecule has 0 unspecified atom stereocenters. The maximum absolute atomic E-state index is 12.1. The standard InChI is InChI=1S/C17H30N2O2/c1-2-3-4-5-6-7-8-15-21-16-11-9-13-19(17(16)20)14-10-12-18/h9,11,13H,2-8,10,12,14-15,18H2,1H3. The molecule has 0 amide bonds. The Bertz CT molecular complexity index is 429. The first-order valence-electron chi connectivity index (χ1n) is 8.32. The molecule has 0 aliphatic heterocycles. The van der Waals surface area contributed by atoms with Crippen molar-refractivity contribution in [2.45, 2.75) is 64.8 Å². The molecule has 2 N–H and O–H groups in total. The Morgan fingerprint density at radius 1 is 1.10 bits per heavy atom. The fraction of sp³-hybridized carbons (Fsp3) is 0.706. The molecule has 120 valence electrons. The number of pyridine rings is 1. The fourth-order valence-electron chi connectivity index (χ4n) is 2.30. The summed E-state index contributed by atoms with van der Waals surface area (Å²) in [5.74, 6) is 0.459. The predicted octanol–water partition coefficient (Wildman–Crippen LogP) is 3.33. The average molecular weight is 294 g/mol. The summed E-state index contributed by atoms with van der Waals surface area (Å²) in [5, 5.41) is 0. The number of ether oxygens (including phenoxy) is 1. The van der Waals surface area contributed by atoms with Crippen molar-refractivity contribution in [3.63, 3.8) is 0 Å². The lowest BCUT2D eigenvalue weighted by Crippen LogP contribution is -2.22. The van der Waals surface area contributed by atoms with Crippen molar-refractivity contribution in [1.82, 2.24) is 4.57 Å². The lowest BCUT2D eigenvalue weighted by atomic mass is 10.1. The molecule has 0 fully saturated rings. The maximum atomic E-state index is 12.1. The van der Waals surface area contributed by atoms with Gasteiger partial charge in [-0.1, -0.05) is 45.4 Å². The molecule has 21 heavy (non-hydrogen) atoms. The minimum absolute atomic E-state index is 0.0473. The number of hydrogen-bond acceptors (Lipinski definition) is 3. The van der Waals surface area contributed by atoms with E-state index in [1.54, 1.807) is 16.8 Å². The summed E-state index contributed by atoms with van der Waals surface area (Å²) in [4.78, 5) is 12.1. The minimum atomic E-state index is -0.0473. The Labute approximate surface area is 128 Å². The van der Waals surface area contributed by atoms with E-state index in [9.17, 15) is 4.79 Å². The van der Waals surface area contributed by atoms with Gasteiger partial charge in [0.15, 0.2) is 5.75 Å². The van der Waals surface area contributed by atoms with Crippen molar-refractivity contribution >= 4 is 0 Å². The summed E-state index contributed by atoms with van der Waals surface area (Å²) in [5.41, 5.74) is 5.43. The van der Waals surface area contributed by atoms with Crippen LogP contribution in [0.25, 0.3) is 0 Å². The van der Waals surface area contributed by atoms with Crippen LogP contribution in [0.2, 0.25) is 0 Å². The zero-order valence-corrected chi connectivity index (χ0v) is 13.4. The molecule has 0 saturated heterocycles. The Balaban J connectivity index is 2.24. The number of hydrogen-bond donors (Lipinski definition) is 1. The number of aromatic nitrogens is 1. The van der Waals surface area contributed by atoms with Crippen LogP contribution in [0, 0.1) is 0 Å². The third-order valence-corrected chi connectivity index (χ3v) is 3.59. The first kappa shape index (κ1) is 17.8. The smallest absolute Gasteiger partial charge is 0.292 e. The monoisotopic (exact) mass is 294 g/mol. The van der Waals surface area contributed by atoms with Crippen LogP contribution < -0.4 is 16.0 Å². The van der Waals surface area contributed by atoms with E-state index in [2.05, 4.69) is 6.92 Å². The molecule has 0 spiro atoms. The second-order valence-electron chi connectivity index (χ2n) is 5.48. The molecule has 4 heteroatoms. The van der Waals surface area contributed by atoms with E-state index in [1.807, 2.05) is 6.07 Å². The lowest BCUT2D eigenvalue weighted by molar-refractivity contribution is 0.297. The van der Waals surface area contributed by atoms with Crippen LogP contribution in [-0.4, -0.2) is 17.7 Å². The zero-order chi connectivity index (χ0) is 15.3. The Morgan fingerprint density at radius 3 is 2.52 bits per heavy atom. The number of unbranched alkanes of at least 4 members (excludes halogenated alkanes) is 6. The molecule has 0 aliphatic rings. The molecule has 0 atom stereocenters. The maximum Gasteiger partial charge on any atom is 0.292 e. The highest BCUT2D eigenvalue weighted by molar-refractivity contribution is 5.17. The van der Waals surface area contributed by atoms with Gasteiger partial charge < -0.3 is 15.0 Å². The zero-order valence-electron chi connectivity index (χ0n) is 13.4. The molecule has 0 aromatic carbocycles. The van der Waals surface area contributed by atoms with E-state index in [0.717, 1.165) is 12.8 Å². The summed E-state index contributed by atoms with van der Waals surface area (Å²) in [6.07, 6.45) is 11.3. The molecule has 0 saturated carbocycles. The van der Waals surface area contributed by atoms with Crippen molar-refractivity contribution < 1.29 is 4.74 Å². The number of nitrogens with zero attached hydrogens (tertiary/aromatic N) is 1. The van der Waals surface area contributed by atoms with Crippen LogP contribution >= 0.6 is 0 Å². The first-order valence-corrected chi connectivity index (χ1v) is 8.32. The molecule has 0 radical (unpaired) electrons. The summed E-state index contributed by atoms with van der Waals surface area (Å²) in [6.45, 7) is 4.11. The van der Waals surface area contributed by atoms with Crippen molar-refractivity contribution in [2.75, 3.05) is 13.2 Å². The van der Waals surface area contributed by atoms with E-state index in [-0.39, 0.29) is 5.56 Å². The SMILES string of the molecule is CCCCCCCCCOc1cccn(CCCN)c1=O. The van der Waals surface area contributed by atoms with E-state index in [4.69, 9.17) is 10.5 Å². The topological polar surface area (TPSA) is 57.2 Å². The number of rotatable bonds is 12. The lowest BCUT2D eigenvalue weighted by Gasteiger charge is -2.09. The van der Waals surface area contributed by atoms with E-state index in [1.165, 1.54) is 38.5 Å². The van der Waals surface area contributed by atoms with Gasteiger partial charge in [0.1, 0.15) is 0 Å². The number of aryl methyl sites for hydroxylation is 1. The van der Waals surface area contributed by atoms with Gasteiger partial charge >= 0.3 is 0 Å². The molecule has 1 rings (SSSR count). The van der Waals surface area contributed by atoms with Gasteiger partial charge in [-0.15, -0.1) is 0 Å². The van der Waals surface area contributed by atoms with Crippen LogP contribution in [0.4, 0.5) is 0 Å². The Hall–Kier alpha value is -1.29. The second-order valence-corrected chi connectivity index (χ2v) is 5.48. The van der Waals surface area contributed by atoms with Crippen molar-refractivity contribution in [3.05, 3.63) is 28.7 Å². The van der Waals surface area contributed by atoms with Gasteiger partial charge in [0, 0.05) is 12.7 Å². The fourth-order valence-corrected chi connectivity index (χ4v) is 2.30. The molecular formula is C17H30N2O2. The molecule has 1 aromatic rings. The second kappa shape index (κ2) is 11.4. The van der Waals surface area contributed by atoms with E-state index in [0.29, 0.717) is 25.4 Å². The van der Waals surface area contributed by atoms with E-state index >= 15 is 0 Å². The normalized spacial score (nSPS) is 10.8. The van der Waals surface area contributed by atoms with Crippen LogP contribution in [0.5, 0.6) is 5.75 Å². The minimum Gasteiger partial charge on any atom is -0.488 e. The van der Waals surface area contributed by atoms with Crippen molar-refractivity contribution in [3.8, 4) is 5.75 Å². The van der Waals surface area contributed by atoms with Gasteiger partial charge in [-0.2, -0.15) is 0 Å². The molecule has 1 heterocycles. The molecule has 0 bridgehead atoms. The molecule has 1 aromatic heterocycles. The van der Waals surface area contributed by atoms with Gasteiger partial charge in [0.25, 0.3) is 5.56 Å². The third kappa shape index (κ3) is 7.32. The van der Waals surface area contributed by atoms with Gasteiger partial charge in [-0.05, 0) is 31.5 Å². The molecule has 4 nitrogen and oxygen atoms in total. The largest absolute Gasteiger partial charge is 0.488 e. The van der Waals surface area contributed by atoms with Gasteiger partial charge in [0.05, 0.1) is 6.61 Å². The third-order valence-electron chi connectivity index (χ3n) is 3.59. The van der Waals surface area contributed by atoms with Crippen LogP contribution in [0.3, 0.4) is 0 Å². The Kier molecular flexibility index (Phi) is 9.62. The van der Waals surface area contributed by atoms with Crippen LogP contribution in [0.15, 0.2) is 23.1 Å². The number of nitrogens with two attached hydrogens (primary N) is 1. The van der Waals surface area contributed by atoms with Gasteiger partial charge in [0.2, 0.25) is 0 Å². The first-order chi connectivity index (χ1) is 10.3. The highest BCUT2D eigenvalue weighted by Gasteiger charge is 2.03. The summed E-state index contributed by atoms with van der Waals surface area (Å²) in [7, 11) is 0. The van der Waals surface area contributed by atoms with Crippen LogP contribution in [0.1, 0.15) is 58.3 Å². The molecule has 0 aliphatic carbocycles. The van der Waals surface area contributed by atoms with Crippen molar-refractivity contribution in [2.24, 2.45) is 5.73 Å². The highest BCUT2D eigenvalue weighted by Crippen LogP contribution is 2.08.